The van der Waals surface area contributed by atoms with Crippen molar-refractivity contribution in [2.45, 2.75) is 27.2 Å². The van der Waals surface area contributed by atoms with Gasteiger partial charge >= 0.3 is 5.97 Å². The van der Waals surface area contributed by atoms with Gasteiger partial charge in [0.05, 0.1) is 7.11 Å². The first-order chi connectivity index (χ1) is 6.02. The molecule has 0 radical (unpaired) electrons. The van der Waals surface area contributed by atoms with E-state index in [9.17, 15) is 4.79 Å². The van der Waals surface area contributed by atoms with Gasteiger partial charge in [0.1, 0.15) is 11.6 Å². The van der Waals surface area contributed by atoms with E-state index in [1.807, 2.05) is 19.9 Å². The number of methoxy groups -OCH3 is 1. The van der Waals surface area contributed by atoms with Gasteiger partial charge in [-0.15, -0.1) is 0 Å². The quantitative estimate of drug-likeness (QED) is 0.380. The first-order valence-electron chi connectivity index (χ1n) is 4.21. The van der Waals surface area contributed by atoms with Crippen LogP contribution in [-0.4, -0.2) is 13.1 Å². The monoisotopic (exact) mass is 181 g/mol. The van der Waals surface area contributed by atoms with E-state index < -0.39 is 5.97 Å². The largest absolute Gasteiger partial charge is 0.465 e. The predicted octanol–water partition coefficient (Wildman–Crippen LogP) is 2.05. The number of hydrogen-bond donors (Lipinski definition) is 0. The summed E-state index contributed by atoms with van der Waals surface area (Å²) in [5.41, 5.74) is 0.931. The second-order valence-corrected chi connectivity index (χ2v) is 3.36. The van der Waals surface area contributed by atoms with Crippen molar-refractivity contribution in [3.8, 4) is 6.07 Å². The zero-order chi connectivity index (χ0) is 10.4. The van der Waals surface area contributed by atoms with E-state index in [2.05, 4.69) is 4.74 Å². The molecule has 0 aromatic heterocycles. The van der Waals surface area contributed by atoms with Crippen molar-refractivity contribution in [1.82, 2.24) is 0 Å². The Kier molecular flexibility index (Phi) is 4.83. The maximum Gasteiger partial charge on any atom is 0.348 e. The molecule has 0 atom stereocenters. The first-order valence-corrected chi connectivity index (χ1v) is 4.21. The summed E-state index contributed by atoms with van der Waals surface area (Å²) in [5, 5.41) is 8.70. The lowest BCUT2D eigenvalue weighted by Gasteiger charge is -2.06. The molecule has 0 aliphatic carbocycles. The van der Waals surface area contributed by atoms with Gasteiger partial charge in [-0.05, 0) is 24.8 Å². The van der Waals surface area contributed by atoms with Crippen LogP contribution >= 0.6 is 0 Å². The third-order valence-electron chi connectivity index (χ3n) is 1.64. The van der Waals surface area contributed by atoms with E-state index >= 15 is 0 Å². The van der Waals surface area contributed by atoms with E-state index in [0.29, 0.717) is 5.92 Å². The van der Waals surface area contributed by atoms with Crippen LogP contribution in [0.4, 0.5) is 0 Å². The van der Waals surface area contributed by atoms with E-state index in [1.165, 1.54) is 7.11 Å². The van der Waals surface area contributed by atoms with Crippen molar-refractivity contribution in [2.75, 3.05) is 7.11 Å². The van der Waals surface area contributed by atoms with E-state index in [1.54, 1.807) is 6.92 Å². The molecular weight excluding hydrogens is 166 g/mol. The average Bonchev–Trinajstić information content (AvgIpc) is 2.03. The minimum Gasteiger partial charge on any atom is -0.465 e. The third-order valence-corrected chi connectivity index (χ3v) is 1.64. The van der Waals surface area contributed by atoms with Gasteiger partial charge in [-0.2, -0.15) is 5.26 Å². The lowest BCUT2D eigenvalue weighted by Crippen LogP contribution is -2.06. The van der Waals surface area contributed by atoms with Crippen molar-refractivity contribution in [3.63, 3.8) is 0 Å². The smallest absolute Gasteiger partial charge is 0.348 e. The van der Waals surface area contributed by atoms with Gasteiger partial charge in [0.2, 0.25) is 0 Å². The van der Waals surface area contributed by atoms with Crippen molar-refractivity contribution in [2.24, 2.45) is 5.92 Å². The molecule has 72 valence electrons. The number of rotatable bonds is 3. The molecular formula is C10H15NO2. The maximum absolute atomic E-state index is 11.1. The molecule has 0 saturated carbocycles. The Bertz CT molecular complexity index is 259. The molecule has 13 heavy (non-hydrogen) atoms. The second-order valence-electron chi connectivity index (χ2n) is 3.36. The number of nitriles is 1. The molecule has 0 amide bonds. The molecule has 0 fully saturated rings. The molecule has 0 spiro atoms. The Hall–Kier alpha value is -1.30. The minimum absolute atomic E-state index is 0.135. The van der Waals surface area contributed by atoms with Gasteiger partial charge in [0.15, 0.2) is 0 Å². The van der Waals surface area contributed by atoms with Crippen molar-refractivity contribution < 1.29 is 9.53 Å². The highest BCUT2D eigenvalue weighted by Crippen LogP contribution is 2.14. The molecule has 0 heterocycles. The van der Waals surface area contributed by atoms with Crippen LogP contribution in [0.25, 0.3) is 0 Å². The molecule has 0 unspecified atom stereocenters. The van der Waals surface area contributed by atoms with Crippen LogP contribution < -0.4 is 0 Å². The minimum atomic E-state index is -0.541. The summed E-state index contributed by atoms with van der Waals surface area (Å²) in [6.07, 6.45) is 0.748. The van der Waals surface area contributed by atoms with Crippen molar-refractivity contribution in [3.05, 3.63) is 11.1 Å². The molecule has 0 aromatic carbocycles. The number of hydrogen-bond acceptors (Lipinski definition) is 3. The van der Waals surface area contributed by atoms with Gasteiger partial charge in [0.25, 0.3) is 0 Å². The molecule has 3 nitrogen and oxygen atoms in total. The summed E-state index contributed by atoms with van der Waals surface area (Å²) >= 11 is 0. The highest BCUT2D eigenvalue weighted by molar-refractivity contribution is 5.93. The number of carbonyl (C=O) groups is 1. The Morgan fingerprint density at radius 2 is 2.08 bits per heavy atom. The molecule has 0 aromatic rings. The molecule has 0 N–H and O–H groups in total. The molecule has 0 aliphatic rings. The van der Waals surface area contributed by atoms with Gasteiger partial charge in [-0.25, -0.2) is 4.79 Å². The molecule has 0 rings (SSSR count). The van der Waals surface area contributed by atoms with Crippen molar-refractivity contribution in [1.29, 1.82) is 5.26 Å². The Morgan fingerprint density at radius 1 is 1.54 bits per heavy atom. The van der Waals surface area contributed by atoms with Crippen LogP contribution in [0.3, 0.4) is 0 Å². The van der Waals surface area contributed by atoms with Gasteiger partial charge in [0, 0.05) is 0 Å². The van der Waals surface area contributed by atoms with Gasteiger partial charge < -0.3 is 4.74 Å². The highest BCUT2D eigenvalue weighted by atomic mass is 16.5. The SMILES string of the molecule is COC(=O)/C(C#N)=C(/C)CC(C)C. The normalized spacial score (nSPS) is 12.0. The van der Waals surface area contributed by atoms with Crippen LogP contribution in [0, 0.1) is 17.2 Å². The lowest BCUT2D eigenvalue weighted by atomic mass is 10.0. The zero-order valence-corrected chi connectivity index (χ0v) is 8.55. The van der Waals surface area contributed by atoms with Gasteiger partial charge in [-0.3, -0.25) is 0 Å². The third kappa shape index (κ3) is 3.75. The average molecular weight is 181 g/mol. The summed E-state index contributed by atoms with van der Waals surface area (Å²) in [4.78, 5) is 11.1. The summed E-state index contributed by atoms with van der Waals surface area (Å²) in [7, 11) is 1.28. The van der Waals surface area contributed by atoms with Gasteiger partial charge in [-0.1, -0.05) is 13.8 Å². The summed E-state index contributed by atoms with van der Waals surface area (Å²) in [6.45, 7) is 5.86. The van der Waals surface area contributed by atoms with Crippen LogP contribution in [0.2, 0.25) is 0 Å². The standard InChI is InChI=1S/C10H15NO2/c1-7(2)5-8(3)9(6-11)10(12)13-4/h7H,5H2,1-4H3/b9-8-. The Morgan fingerprint density at radius 3 is 2.38 bits per heavy atom. The number of ether oxygens (including phenoxy) is 1. The number of allylic oxidation sites excluding steroid dienone is 1. The highest BCUT2D eigenvalue weighted by Gasteiger charge is 2.12. The van der Waals surface area contributed by atoms with Crippen LogP contribution in [0.5, 0.6) is 0 Å². The Balaban J connectivity index is 4.72. The lowest BCUT2D eigenvalue weighted by molar-refractivity contribution is -0.135. The van der Waals surface area contributed by atoms with Crippen LogP contribution in [-0.2, 0) is 9.53 Å². The van der Waals surface area contributed by atoms with Crippen molar-refractivity contribution >= 4 is 5.97 Å². The molecule has 0 bridgehead atoms. The molecule has 3 heteroatoms. The first kappa shape index (κ1) is 11.7. The van der Waals surface area contributed by atoms with Crippen LogP contribution in [0.15, 0.2) is 11.1 Å². The number of esters is 1. The number of nitrogens with zero attached hydrogens (tertiary/aromatic N) is 1. The van der Waals surface area contributed by atoms with E-state index in [-0.39, 0.29) is 5.57 Å². The molecule has 0 saturated heterocycles. The molecule has 0 aliphatic heterocycles. The second kappa shape index (κ2) is 5.36. The fourth-order valence-corrected chi connectivity index (χ4v) is 1.13. The van der Waals surface area contributed by atoms with E-state index in [4.69, 9.17) is 5.26 Å². The Labute approximate surface area is 79.0 Å². The summed E-state index contributed by atoms with van der Waals surface area (Å²) in [6, 6.07) is 1.86. The summed E-state index contributed by atoms with van der Waals surface area (Å²) < 4.78 is 4.49. The topological polar surface area (TPSA) is 50.1 Å². The maximum atomic E-state index is 11.1. The van der Waals surface area contributed by atoms with Crippen LogP contribution in [0.1, 0.15) is 27.2 Å². The van der Waals surface area contributed by atoms with E-state index in [0.717, 1.165) is 12.0 Å². The number of carbonyl (C=O) groups excluding carboxylic acids is 1. The zero-order valence-electron chi connectivity index (χ0n) is 8.55. The predicted molar refractivity (Wildman–Crippen MR) is 49.8 cm³/mol. The fraction of sp³-hybridized carbons (Fsp3) is 0.600. The fourth-order valence-electron chi connectivity index (χ4n) is 1.13. The summed E-state index contributed by atoms with van der Waals surface area (Å²) in [5.74, 6) is -0.103.